The molecular weight excluding hydrogens is 538 g/mol. The van der Waals surface area contributed by atoms with Gasteiger partial charge >= 0.3 is 5.97 Å². The Bertz CT molecular complexity index is 1340. The number of ether oxygens (including phenoxy) is 2. The lowest BCUT2D eigenvalue weighted by molar-refractivity contribution is -0.115. The smallest absolute Gasteiger partial charge is 0.341 e. The second-order valence-corrected chi connectivity index (χ2v) is 11.5. The quantitative estimate of drug-likeness (QED) is 0.209. The van der Waals surface area contributed by atoms with Crippen LogP contribution >= 0.6 is 23.1 Å². The van der Waals surface area contributed by atoms with Crippen LogP contribution in [0.25, 0.3) is 0 Å². The van der Waals surface area contributed by atoms with Crippen molar-refractivity contribution in [3.05, 3.63) is 51.7 Å². The maximum Gasteiger partial charge on any atom is 0.341 e. The van der Waals surface area contributed by atoms with Crippen molar-refractivity contribution >= 4 is 45.9 Å². The average molecular weight is 572 g/mol. The van der Waals surface area contributed by atoms with Gasteiger partial charge in [0.1, 0.15) is 10.8 Å². The molecule has 0 aliphatic heterocycles. The van der Waals surface area contributed by atoms with Crippen molar-refractivity contribution in [2.45, 2.75) is 62.9 Å². The van der Waals surface area contributed by atoms with Crippen molar-refractivity contribution in [1.29, 1.82) is 0 Å². The predicted octanol–water partition coefficient (Wildman–Crippen LogP) is 4.38. The van der Waals surface area contributed by atoms with Gasteiger partial charge in [-0.2, -0.15) is 0 Å². The SMILES string of the molecule is CCOC(=O)c1c(NC(=O)C(C)Sc2nnc(CNC(=O)c3ccc(OC)cc3)n2C)sc2c1CCCCC2. The van der Waals surface area contributed by atoms with Crippen molar-refractivity contribution < 1.29 is 23.9 Å². The minimum absolute atomic E-state index is 0.180. The number of benzene rings is 1. The van der Waals surface area contributed by atoms with Crippen molar-refractivity contribution in [2.24, 2.45) is 7.05 Å². The Morgan fingerprint density at radius 1 is 1.13 bits per heavy atom. The van der Waals surface area contributed by atoms with Crippen LogP contribution in [0.2, 0.25) is 0 Å². The molecule has 1 unspecified atom stereocenters. The molecule has 0 saturated heterocycles. The van der Waals surface area contributed by atoms with Crippen molar-refractivity contribution in [3.63, 3.8) is 0 Å². The number of thiophene rings is 1. The summed E-state index contributed by atoms with van der Waals surface area (Å²) in [5.74, 6) is 0.361. The molecule has 12 heteroatoms. The van der Waals surface area contributed by atoms with E-state index >= 15 is 0 Å². The largest absolute Gasteiger partial charge is 0.497 e. The van der Waals surface area contributed by atoms with E-state index in [1.165, 1.54) is 23.1 Å². The number of rotatable bonds is 10. The van der Waals surface area contributed by atoms with Crippen LogP contribution in [0.1, 0.15) is 70.1 Å². The lowest BCUT2D eigenvalue weighted by Crippen LogP contribution is -2.25. The molecule has 0 fully saturated rings. The fraction of sp³-hybridized carbons (Fsp3) is 0.444. The van der Waals surface area contributed by atoms with Gasteiger partial charge in [-0.25, -0.2) is 4.79 Å². The summed E-state index contributed by atoms with van der Waals surface area (Å²) >= 11 is 2.73. The first-order valence-corrected chi connectivity index (χ1v) is 14.6. The van der Waals surface area contributed by atoms with E-state index in [1.807, 2.05) is 0 Å². The van der Waals surface area contributed by atoms with Gasteiger partial charge in [0.15, 0.2) is 11.0 Å². The molecular formula is C27H33N5O5S2. The third-order valence-corrected chi connectivity index (χ3v) is 8.81. The molecule has 0 saturated carbocycles. The van der Waals surface area contributed by atoms with E-state index in [4.69, 9.17) is 9.47 Å². The number of esters is 1. The summed E-state index contributed by atoms with van der Waals surface area (Å²) in [6.07, 6.45) is 4.94. The van der Waals surface area contributed by atoms with Crippen LogP contribution in [0.15, 0.2) is 29.4 Å². The molecule has 2 N–H and O–H groups in total. The second-order valence-electron chi connectivity index (χ2n) is 9.11. The van der Waals surface area contributed by atoms with Gasteiger partial charge in [-0.15, -0.1) is 21.5 Å². The van der Waals surface area contributed by atoms with Crippen LogP contribution in [-0.4, -0.2) is 51.5 Å². The molecule has 3 aromatic rings. The van der Waals surface area contributed by atoms with Crippen LogP contribution in [0.5, 0.6) is 5.75 Å². The number of aryl methyl sites for hydroxylation is 1. The number of aromatic nitrogens is 3. The van der Waals surface area contributed by atoms with Gasteiger partial charge in [-0.05, 0) is 69.4 Å². The highest BCUT2D eigenvalue weighted by Gasteiger charge is 2.28. The molecule has 0 spiro atoms. The summed E-state index contributed by atoms with van der Waals surface area (Å²) in [4.78, 5) is 39.6. The van der Waals surface area contributed by atoms with Crippen molar-refractivity contribution in [1.82, 2.24) is 20.1 Å². The zero-order valence-electron chi connectivity index (χ0n) is 22.5. The van der Waals surface area contributed by atoms with Gasteiger partial charge in [-0.3, -0.25) is 9.59 Å². The standard InChI is InChI=1S/C27H33N5O5S2/c1-5-37-26(35)22-19-9-7-6-8-10-20(19)39-25(22)29-23(33)16(2)38-27-31-30-21(32(27)3)15-28-24(34)17-11-13-18(36-4)14-12-17/h11-14,16H,5-10,15H2,1-4H3,(H,28,34)(H,29,33). The number of carbonyl (C=O) groups excluding carboxylic acids is 3. The number of nitrogens with one attached hydrogen (secondary N) is 2. The number of anilines is 1. The summed E-state index contributed by atoms with van der Waals surface area (Å²) in [6.45, 7) is 4.01. The lowest BCUT2D eigenvalue weighted by Gasteiger charge is -2.12. The van der Waals surface area contributed by atoms with E-state index in [1.54, 1.807) is 56.8 Å². The highest BCUT2D eigenvalue weighted by Crippen LogP contribution is 2.38. The van der Waals surface area contributed by atoms with E-state index < -0.39 is 5.25 Å². The number of nitrogens with zero attached hydrogens (tertiary/aromatic N) is 3. The number of thioether (sulfide) groups is 1. The maximum absolute atomic E-state index is 13.2. The third-order valence-electron chi connectivity index (χ3n) is 6.47. The molecule has 1 aliphatic carbocycles. The zero-order chi connectivity index (χ0) is 27.9. The fourth-order valence-corrected chi connectivity index (χ4v) is 6.39. The number of hydrogen-bond acceptors (Lipinski definition) is 9. The van der Waals surface area contributed by atoms with Gasteiger partial charge in [0.2, 0.25) is 5.91 Å². The summed E-state index contributed by atoms with van der Waals surface area (Å²) < 4.78 is 12.2. The molecule has 2 amide bonds. The van der Waals surface area contributed by atoms with Crippen molar-refractivity contribution in [2.75, 3.05) is 19.0 Å². The minimum Gasteiger partial charge on any atom is -0.497 e. The summed E-state index contributed by atoms with van der Waals surface area (Å²) in [7, 11) is 3.36. The summed E-state index contributed by atoms with van der Waals surface area (Å²) in [6, 6.07) is 6.82. The second kappa shape index (κ2) is 13.1. The molecule has 1 atom stereocenters. The molecule has 1 aromatic carbocycles. The maximum atomic E-state index is 13.2. The number of methoxy groups -OCH3 is 1. The predicted molar refractivity (Wildman–Crippen MR) is 151 cm³/mol. The van der Waals surface area contributed by atoms with Crippen LogP contribution in [0.4, 0.5) is 5.00 Å². The summed E-state index contributed by atoms with van der Waals surface area (Å²) in [5.41, 5.74) is 2.02. The monoisotopic (exact) mass is 571 g/mol. The highest BCUT2D eigenvalue weighted by molar-refractivity contribution is 8.00. The first-order valence-electron chi connectivity index (χ1n) is 12.9. The van der Waals surface area contributed by atoms with Gasteiger partial charge in [-0.1, -0.05) is 18.2 Å². The Morgan fingerprint density at radius 2 is 1.87 bits per heavy atom. The summed E-state index contributed by atoms with van der Waals surface area (Å²) in [5, 5.41) is 14.8. The molecule has 0 radical (unpaired) electrons. The van der Waals surface area contributed by atoms with Gasteiger partial charge in [0.25, 0.3) is 5.91 Å². The Kier molecular flexibility index (Phi) is 9.63. The molecule has 1 aliphatic rings. The molecule has 2 heterocycles. The molecule has 39 heavy (non-hydrogen) atoms. The van der Waals surface area contributed by atoms with E-state index in [0.717, 1.165) is 42.5 Å². The Morgan fingerprint density at radius 3 is 2.59 bits per heavy atom. The fourth-order valence-electron chi connectivity index (χ4n) is 4.28. The van der Waals surface area contributed by atoms with E-state index in [-0.39, 0.29) is 30.9 Å². The first-order chi connectivity index (χ1) is 18.8. The van der Waals surface area contributed by atoms with Crippen LogP contribution < -0.4 is 15.4 Å². The van der Waals surface area contributed by atoms with E-state index in [0.29, 0.717) is 32.9 Å². The van der Waals surface area contributed by atoms with Crippen LogP contribution in [-0.2, 0) is 36.0 Å². The molecule has 4 rings (SSSR count). The zero-order valence-corrected chi connectivity index (χ0v) is 24.2. The van der Waals surface area contributed by atoms with E-state index in [9.17, 15) is 14.4 Å². The van der Waals surface area contributed by atoms with Crippen molar-refractivity contribution in [3.8, 4) is 5.75 Å². The average Bonchev–Trinajstić information content (AvgIpc) is 3.36. The van der Waals surface area contributed by atoms with Crippen LogP contribution in [0, 0.1) is 0 Å². The Labute approximate surface area is 235 Å². The Balaban J connectivity index is 1.39. The lowest BCUT2D eigenvalue weighted by atomic mass is 10.1. The Hall–Kier alpha value is -3.38. The third kappa shape index (κ3) is 6.80. The minimum atomic E-state index is -0.508. The highest BCUT2D eigenvalue weighted by atomic mass is 32.2. The topological polar surface area (TPSA) is 124 Å². The molecule has 208 valence electrons. The first kappa shape index (κ1) is 28.6. The number of carbonyl (C=O) groups is 3. The van der Waals surface area contributed by atoms with Gasteiger partial charge in [0, 0.05) is 17.5 Å². The van der Waals surface area contributed by atoms with Gasteiger partial charge in [0.05, 0.1) is 31.1 Å². The van der Waals surface area contributed by atoms with Gasteiger partial charge < -0.3 is 24.7 Å². The van der Waals surface area contributed by atoms with Crippen LogP contribution in [0.3, 0.4) is 0 Å². The molecule has 10 nitrogen and oxygen atoms in total. The molecule has 2 aromatic heterocycles. The van der Waals surface area contributed by atoms with E-state index in [2.05, 4.69) is 20.8 Å². The number of hydrogen-bond donors (Lipinski definition) is 2. The number of amides is 2. The number of fused-ring (bicyclic) bond motifs is 1. The normalized spacial score (nSPS) is 13.6. The molecule has 0 bridgehead atoms.